The Balaban J connectivity index is 1.78. The standard InChI is InChI=1S/C15H22ClN3O/c1-2-7-19(14-10-17-11-14)8-6-15(20)18-13-5-3-4-12(16)9-13/h3-5,9,14,17H,2,6-8,10-11H2,1H3,(H,18,20). The molecule has 1 amide bonds. The van der Waals surface area contributed by atoms with Gasteiger partial charge in [-0.3, -0.25) is 9.69 Å². The third-order valence-corrected chi connectivity index (χ3v) is 3.76. The predicted molar refractivity (Wildman–Crippen MR) is 83.2 cm³/mol. The Morgan fingerprint density at radius 1 is 1.45 bits per heavy atom. The molecule has 0 aromatic heterocycles. The van der Waals surface area contributed by atoms with Crippen LogP contribution in [0, 0.1) is 0 Å². The van der Waals surface area contributed by atoms with Crippen molar-refractivity contribution in [2.75, 3.05) is 31.5 Å². The number of benzene rings is 1. The maximum Gasteiger partial charge on any atom is 0.225 e. The molecule has 1 saturated heterocycles. The lowest BCUT2D eigenvalue weighted by Gasteiger charge is -2.38. The molecule has 1 heterocycles. The summed E-state index contributed by atoms with van der Waals surface area (Å²) in [5.41, 5.74) is 0.759. The summed E-state index contributed by atoms with van der Waals surface area (Å²) in [6.07, 6.45) is 1.63. The molecule has 0 bridgehead atoms. The number of carbonyl (C=O) groups excluding carboxylic acids is 1. The van der Waals surface area contributed by atoms with Gasteiger partial charge in [-0.2, -0.15) is 0 Å². The number of nitrogens with one attached hydrogen (secondary N) is 2. The smallest absolute Gasteiger partial charge is 0.225 e. The first-order valence-corrected chi connectivity index (χ1v) is 7.57. The van der Waals surface area contributed by atoms with Gasteiger partial charge in [-0.25, -0.2) is 0 Å². The van der Waals surface area contributed by atoms with Crippen molar-refractivity contribution in [3.05, 3.63) is 29.3 Å². The maximum atomic E-state index is 12.0. The highest BCUT2D eigenvalue weighted by Gasteiger charge is 2.23. The summed E-state index contributed by atoms with van der Waals surface area (Å²) in [6.45, 7) is 6.11. The van der Waals surface area contributed by atoms with Gasteiger partial charge in [-0.05, 0) is 31.2 Å². The molecule has 110 valence electrons. The normalized spacial score (nSPS) is 15.2. The monoisotopic (exact) mass is 295 g/mol. The second-order valence-electron chi connectivity index (χ2n) is 5.16. The summed E-state index contributed by atoms with van der Waals surface area (Å²) in [6, 6.07) is 7.84. The van der Waals surface area contributed by atoms with Gasteiger partial charge >= 0.3 is 0 Å². The largest absolute Gasteiger partial charge is 0.326 e. The van der Waals surface area contributed by atoms with Crippen LogP contribution in [-0.4, -0.2) is 43.0 Å². The van der Waals surface area contributed by atoms with E-state index in [9.17, 15) is 4.79 Å². The highest BCUT2D eigenvalue weighted by atomic mass is 35.5. The molecule has 1 fully saturated rings. The minimum atomic E-state index is 0.0423. The highest BCUT2D eigenvalue weighted by molar-refractivity contribution is 6.30. The minimum absolute atomic E-state index is 0.0423. The van der Waals surface area contributed by atoms with Gasteiger partial charge in [-0.15, -0.1) is 0 Å². The molecule has 0 saturated carbocycles. The number of anilines is 1. The van der Waals surface area contributed by atoms with E-state index in [1.807, 2.05) is 12.1 Å². The van der Waals surface area contributed by atoms with Crippen LogP contribution in [0.2, 0.25) is 5.02 Å². The Morgan fingerprint density at radius 3 is 2.85 bits per heavy atom. The first kappa shape index (κ1) is 15.3. The van der Waals surface area contributed by atoms with E-state index in [1.54, 1.807) is 12.1 Å². The summed E-state index contributed by atoms with van der Waals surface area (Å²) in [7, 11) is 0. The molecule has 1 aromatic rings. The van der Waals surface area contributed by atoms with Crippen molar-refractivity contribution in [1.82, 2.24) is 10.2 Å². The Bertz CT molecular complexity index is 448. The Morgan fingerprint density at radius 2 is 2.25 bits per heavy atom. The molecule has 0 unspecified atom stereocenters. The Kier molecular flexibility index (Phi) is 5.83. The van der Waals surface area contributed by atoms with Crippen LogP contribution in [0.25, 0.3) is 0 Å². The van der Waals surface area contributed by atoms with Crippen LogP contribution in [-0.2, 0) is 4.79 Å². The molecule has 1 aliphatic heterocycles. The van der Waals surface area contributed by atoms with Crippen LogP contribution in [0.4, 0.5) is 5.69 Å². The van der Waals surface area contributed by atoms with E-state index in [2.05, 4.69) is 22.5 Å². The number of rotatable bonds is 7. The van der Waals surface area contributed by atoms with Gasteiger partial charge < -0.3 is 10.6 Å². The van der Waals surface area contributed by atoms with Crippen LogP contribution in [0.15, 0.2) is 24.3 Å². The Hall–Kier alpha value is -1.10. The van der Waals surface area contributed by atoms with Crippen molar-refractivity contribution in [3.63, 3.8) is 0 Å². The first-order chi connectivity index (χ1) is 9.69. The summed E-state index contributed by atoms with van der Waals surface area (Å²) in [5, 5.41) is 6.80. The molecule has 1 aliphatic rings. The number of halogens is 1. The van der Waals surface area contributed by atoms with Crippen LogP contribution in [0.3, 0.4) is 0 Å². The van der Waals surface area contributed by atoms with Crippen LogP contribution < -0.4 is 10.6 Å². The fourth-order valence-electron chi connectivity index (χ4n) is 2.33. The summed E-state index contributed by atoms with van der Waals surface area (Å²) < 4.78 is 0. The predicted octanol–water partition coefficient (Wildman–Crippen LogP) is 2.35. The number of amides is 1. The van der Waals surface area contributed by atoms with Crippen LogP contribution in [0.1, 0.15) is 19.8 Å². The number of hydrogen-bond donors (Lipinski definition) is 2. The quantitative estimate of drug-likeness (QED) is 0.812. The molecular weight excluding hydrogens is 274 g/mol. The maximum absolute atomic E-state index is 12.0. The van der Waals surface area contributed by atoms with Gasteiger partial charge in [0.2, 0.25) is 5.91 Å². The number of nitrogens with zero attached hydrogens (tertiary/aromatic N) is 1. The van der Waals surface area contributed by atoms with Gasteiger partial charge in [0.05, 0.1) is 0 Å². The van der Waals surface area contributed by atoms with E-state index < -0.39 is 0 Å². The van der Waals surface area contributed by atoms with Crippen molar-refractivity contribution in [2.24, 2.45) is 0 Å². The average Bonchev–Trinajstić information content (AvgIpc) is 2.34. The molecule has 20 heavy (non-hydrogen) atoms. The molecule has 2 N–H and O–H groups in total. The van der Waals surface area contributed by atoms with E-state index in [0.717, 1.165) is 38.3 Å². The summed E-state index contributed by atoms with van der Waals surface area (Å²) >= 11 is 5.90. The molecule has 4 nitrogen and oxygen atoms in total. The molecule has 2 rings (SSSR count). The van der Waals surface area contributed by atoms with Crippen molar-refractivity contribution >= 4 is 23.2 Å². The number of hydrogen-bond acceptors (Lipinski definition) is 3. The van der Waals surface area contributed by atoms with Crippen LogP contribution in [0.5, 0.6) is 0 Å². The zero-order valence-corrected chi connectivity index (χ0v) is 12.6. The number of carbonyl (C=O) groups is 1. The Labute approximate surface area is 125 Å². The molecule has 5 heteroatoms. The van der Waals surface area contributed by atoms with E-state index in [4.69, 9.17) is 11.6 Å². The van der Waals surface area contributed by atoms with Gasteiger partial charge in [0.1, 0.15) is 0 Å². The molecule has 0 radical (unpaired) electrons. The lowest BCUT2D eigenvalue weighted by Crippen LogP contribution is -2.57. The fourth-order valence-corrected chi connectivity index (χ4v) is 2.52. The van der Waals surface area contributed by atoms with Crippen LogP contribution >= 0.6 is 11.6 Å². The summed E-state index contributed by atoms with van der Waals surface area (Å²) in [5.74, 6) is 0.0423. The zero-order valence-electron chi connectivity index (χ0n) is 11.9. The topological polar surface area (TPSA) is 44.4 Å². The van der Waals surface area contributed by atoms with Crippen molar-refractivity contribution in [1.29, 1.82) is 0 Å². The summed E-state index contributed by atoms with van der Waals surface area (Å²) in [4.78, 5) is 14.4. The highest BCUT2D eigenvalue weighted by Crippen LogP contribution is 2.15. The molecule has 0 spiro atoms. The van der Waals surface area contributed by atoms with E-state index in [0.29, 0.717) is 17.5 Å². The van der Waals surface area contributed by atoms with E-state index >= 15 is 0 Å². The lowest BCUT2D eigenvalue weighted by molar-refractivity contribution is -0.116. The van der Waals surface area contributed by atoms with Crippen molar-refractivity contribution < 1.29 is 4.79 Å². The third kappa shape index (κ3) is 4.47. The third-order valence-electron chi connectivity index (χ3n) is 3.52. The van der Waals surface area contributed by atoms with Gasteiger partial charge in [-0.1, -0.05) is 24.6 Å². The van der Waals surface area contributed by atoms with Crippen molar-refractivity contribution in [3.8, 4) is 0 Å². The van der Waals surface area contributed by atoms with Gasteiger partial charge in [0.25, 0.3) is 0 Å². The second-order valence-corrected chi connectivity index (χ2v) is 5.59. The van der Waals surface area contributed by atoms with Gasteiger partial charge in [0, 0.05) is 42.8 Å². The lowest BCUT2D eigenvalue weighted by atomic mass is 10.1. The fraction of sp³-hybridized carbons (Fsp3) is 0.533. The minimum Gasteiger partial charge on any atom is -0.326 e. The van der Waals surface area contributed by atoms with Crippen molar-refractivity contribution in [2.45, 2.75) is 25.8 Å². The zero-order chi connectivity index (χ0) is 14.4. The SMILES string of the molecule is CCCN(CCC(=O)Nc1cccc(Cl)c1)C1CNC1. The van der Waals surface area contributed by atoms with E-state index in [-0.39, 0.29) is 5.91 Å². The second kappa shape index (κ2) is 7.62. The molecule has 0 atom stereocenters. The van der Waals surface area contributed by atoms with Gasteiger partial charge in [0.15, 0.2) is 0 Å². The average molecular weight is 296 g/mol. The molecule has 0 aliphatic carbocycles. The molecule has 1 aromatic carbocycles. The first-order valence-electron chi connectivity index (χ1n) is 7.19. The van der Waals surface area contributed by atoms with E-state index in [1.165, 1.54) is 0 Å². The molecular formula is C15H22ClN3O.